The van der Waals surface area contributed by atoms with E-state index in [4.69, 9.17) is 5.11 Å². The lowest BCUT2D eigenvalue weighted by molar-refractivity contribution is 0.0145. The van der Waals surface area contributed by atoms with E-state index in [0.717, 1.165) is 25.7 Å². The van der Waals surface area contributed by atoms with Crippen molar-refractivity contribution in [3.05, 3.63) is 12.2 Å². The molecular formula is C11H20O2. The van der Waals surface area contributed by atoms with Crippen LogP contribution >= 0.6 is 0 Å². The Bertz CT molecular complexity index is 184. The molecule has 1 saturated carbocycles. The number of hydrogen-bond donors (Lipinski definition) is 2. The van der Waals surface area contributed by atoms with Crippen molar-refractivity contribution < 1.29 is 10.2 Å². The zero-order valence-electron chi connectivity index (χ0n) is 8.58. The fourth-order valence-corrected chi connectivity index (χ4v) is 1.80. The van der Waals surface area contributed by atoms with Crippen molar-refractivity contribution in [1.82, 2.24) is 0 Å². The van der Waals surface area contributed by atoms with Crippen molar-refractivity contribution >= 4 is 0 Å². The molecule has 0 aliphatic heterocycles. The summed E-state index contributed by atoms with van der Waals surface area (Å²) in [4.78, 5) is 0. The second kappa shape index (κ2) is 3.81. The topological polar surface area (TPSA) is 40.5 Å². The van der Waals surface area contributed by atoms with Crippen molar-refractivity contribution in [2.45, 2.75) is 45.1 Å². The summed E-state index contributed by atoms with van der Waals surface area (Å²) in [6, 6.07) is 0. The molecule has 13 heavy (non-hydrogen) atoms. The molecule has 1 aliphatic rings. The first-order valence-electron chi connectivity index (χ1n) is 4.98. The maximum absolute atomic E-state index is 10.0. The van der Waals surface area contributed by atoms with Crippen LogP contribution in [-0.2, 0) is 0 Å². The van der Waals surface area contributed by atoms with E-state index in [-0.39, 0.29) is 6.61 Å². The van der Waals surface area contributed by atoms with Gasteiger partial charge in [-0.15, -0.1) is 0 Å². The van der Waals surface area contributed by atoms with Crippen LogP contribution in [0, 0.1) is 5.41 Å². The molecular weight excluding hydrogens is 164 g/mol. The minimum atomic E-state index is -0.655. The summed E-state index contributed by atoms with van der Waals surface area (Å²) < 4.78 is 0. The Hall–Kier alpha value is -0.340. The van der Waals surface area contributed by atoms with Crippen LogP contribution in [0.3, 0.4) is 0 Å². The van der Waals surface area contributed by atoms with Gasteiger partial charge < -0.3 is 10.2 Å². The molecule has 0 unspecified atom stereocenters. The van der Waals surface area contributed by atoms with Gasteiger partial charge in [-0.25, -0.2) is 0 Å². The second-order valence-corrected chi connectivity index (χ2v) is 4.85. The van der Waals surface area contributed by atoms with E-state index in [1.165, 1.54) is 0 Å². The molecule has 0 heterocycles. The van der Waals surface area contributed by atoms with Crippen LogP contribution in [0.1, 0.15) is 39.5 Å². The number of aliphatic hydroxyl groups is 2. The Morgan fingerprint density at radius 1 is 1.15 bits per heavy atom. The molecule has 76 valence electrons. The van der Waals surface area contributed by atoms with E-state index >= 15 is 0 Å². The highest BCUT2D eigenvalue weighted by Crippen LogP contribution is 2.40. The molecule has 0 amide bonds. The molecule has 1 aliphatic carbocycles. The van der Waals surface area contributed by atoms with Crippen LogP contribution in [0.4, 0.5) is 0 Å². The van der Waals surface area contributed by atoms with E-state index in [2.05, 4.69) is 13.8 Å². The molecule has 2 heteroatoms. The first-order chi connectivity index (χ1) is 5.97. The minimum absolute atomic E-state index is 0.0195. The molecule has 0 aromatic rings. The van der Waals surface area contributed by atoms with Gasteiger partial charge in [0.2, 0.25) is 0 Å². The van der Waals surface area contributed by atoms with Gasteiger partial charge in [-0.05, 0) is 31.1 Å². The summed E-state index contributed by atoms with van der Waals surface area (Å²) in [5, 5.41) is 18.7. The Morgan fingerprint density at radius 2 is 1.69 bits per heavy atom. The molecule has 0 spiro atoms. The maximum Gasteiger partial charge on any atom is 0.0828 e. The Labute approximate surface area is 80.3 Å². The SMILES string of the molecule is CC1(C)CCC(O)(C=CCO)CC1. The first kappa shape index (κ1) is 10.7. The quantitative estimate of drug-likeness (QED) is 0.643. The highest BCUT2D eigenvalue weighted by atomic mass is 16.3. The van der Waals surface area contributed by atoms with Gasteiger partial charge in [0.05, 0.1) is 12.2 Å². The Morgan fingerprint density at radius 3 is 2.15 bits per heavy atom. The van der Waals surface area contributed by atoms with Crippen LogP contribution in [0.25, 0.3) is 0 Å². The zero-order chi connectivity index (χ0) is 9.95. The Balaban J connectivity index is 2.51. The van der Waals surface area contributed by atoms with Crippen molar-refractivity contribution in [2.24, 2.45) is 5.41 Å². The summed E-state index contributed by atoms with van der Waals surface area (Å²) >= 11 is 0. The van der Waals surface area contributed by atoms with Gasteiger partial charge >= 0.3 is 0 Å². The van der Waals surface area contributed by atoms with E-state index in [0.29, 0.717) is 5.41 Å². The second-order valence-electron chi connectivity index (χ2n) is 4.85. The van der Waals surface area contributed by atoms with Gasteiger partial charge in [-0.2, -0.15) is 0 Å². The number of rotatable bonds is 2. The van der Waals surface area contributed by atoms with Crippen molar-refractivity contribution in [2.75, 3.05) is 6.61 Å². The molecule has 0 bridgehead atoms. The van der Waals surface area contributed by atoms with Crippen molar-refractivity contribution in [1.29, 1.82) is 0 Å². The highest BCUT2D eigenvalue weighted by molar-refractivity contribution is 5.04. The molecule has 2 nitrogen and oxygen atoms in total. The van der Waals surface area contributed by atoms with E-state index in [1.807, 2.05) is 0 Å². The summed E-state index contributed by atoms with van der Waals surface area (Å²) in [6.07, 6.45) is 7.13. The molecule has 0 aromatic carbocycles. The van der Waals surface area contributed by atoms with Crippen molar-refractivity contribution in [3.63, 3.8) is 0 Å². The summed E-state index contributed by atoms with van der Waals surface area (Å²) in [7, 11) is 0. The number of aliphatic hydroxyl groups excluding tert-OH is 1. The number of hydrogen-bond acceptors (Lipinski definition) is 2. The van der Waals surface area contributed by atoms with Crippen LogP contribution < -0.4 is 0 Å². The van der Waals surface area contributed by atoms with Gasteiger partial charge in [0.15, 0.2) is 0 Å². The van der Waals surface area contributed by atoms with Gasteiger partial charge in [0.1, 0.15) is 0 Å². The third kappa shape index (κ3) is 3.12. The first-order valence-corrected chi connectivity index (χ1v) is 4.98. The normalized spacial score (nSPS) is 26.5. The molecule has 0 atom stereocenters. The average molecular weight is 184 g/mol. The molecule has 1 rings (SSSR count). The van der Waals surface area contributed by atoms with Crippen LogP contribution in [-0.4, -0.2) is 22.4 Å². The minimum Gasteiger partial charge on any atom is -0.392 e. The lowest BCUT2D eigenvalue weighted by atomic mass is 9.71. The third-order valence-corrected chi connectivity index (χ3v) is 3.00. The van der Waals surface area contributed by atoms with Gasteiger partial charge in [0, 0.05) is 0 Å². The summed E-state index contributed by atoms with van der Waals surface area (Å²) in [6.45, 7) is 4.50. The average Bonchev–Trinajstić information content (AvgIpc) is 2.08. The fourth-order valence-electron chi connectivity index (χ4n) is 1.80. The van der Waals surface area contributed by atoms with Crippen molar-refractivity contribution in [3.8, 4) is 0 Å². The summed E-state index contributed by atoms with van der Waals surface area (Å²) in [5.41, 5.74) is -0.280. The van der Waals surface area contributed by atoms with Crippen LogP contribution in [0.2, 0.25) is 0 Å². The molecule has 0 saturated heterocycles. The lowest BCUT2D eigenvalue weighted by Crippen LogP contribution is -2.35. The molecule has 0 radical (unpaired) electrons. The third-order valence-electron chi connectivity index (χ3n) is 3.00. The predicted octanol–water partition coefficient (Wildman–Crippen LogP) is 1.87. The van der Waals surface area contributed by atoms with Gasteiger partial charge in [0.25, 0.3) is 0 Å². The summed E-state index contributed by atoms with van der Waals surface area (Å²) in [5.74, 6) is 0. The maximum atomic E-state index is 10.0. The standard InChI is InChI=1S/C11H20O2/c1-10(2)5-7-11(13,8-6-10)4-3-9-12/h3-4,12-13H,5-9H2,1-2H3. The molecule has 1 fully saturated rings. The Kier molecular flexibility index (Phi) is 3.14. The monoisotopic (exact) mass is 184 g/mol. The lowest BCUT2D eigenvalue weighted by Gasteiger charge is -2.38. The van der Waals surface area contributed by atoms with Gasteiger partial charge in [-0.1, -0.05) is 26.0 Å². The molecule has 0 aromatic heterocycles. The fraction of sp³-hybridized carbons (Fsp3) is 0.818. The van der Waals surface area contributed by atoms with E-state index < -0.39 is 5.60 Å². The largest absolute Gasteiger partial charge is 0.392 e. The smallest absolute Gasteiger partial charge is 0.0828 e. The van der Waals surface area contributed by atoms with Gasteiger partial charge in [-0.3, -0.25) is 0 Å². The van der Waals surface area contributed by atoms with E-state index in [1.54, 1.807) is 12.2 Å². The van der Waals surface area contributed by atoms with Crippen LogP contribution in [0.5, 0.6) is 0 Å². The highest BCUT2D eigenvalue weighted by Gasteiger charge is 2.34. The predicted molar refractivity (Wildman–Crippen MR) is 53.4 cm³/mol. The zero-order valence-corrected chi connectivity index (χ0v) is 8.58. The van der Waals surface area contributed by atoms with E-state index in [9.17, 15) is 5.11 Å². The molecule has 2 N–H and O–H groups in total. The van der Waals surface area contributed by atoms with Crippen LogP contribution in [0.15, 0.2) is 12.2 Å².